The lowest BCUT2D eigenvalue weighted by atomic mass is 9.58. The molecule has 30 heavy (non-hydrogen) atoms. The van der Waals surface area contributed by atoms with Crippen molar-refractivity contribution in [2.45, 2.75) is 44.3 Å². The fourth-order valence-corrected chi connectivity index (χ4v) is 6.09. The first-order valence-electron chi connectivity index (χ1n) is 9.91. The zero-order valence-electron chi connectivity index (χ0n) is 16.6. The van der Waals surface area contributed by atoms with E-state index in [0.29, 0.717) is 34.9 Å². The third kappa shape index (κ3) is 1.99. The number of carboxylic acid groups (broad SMARTS) is 1. The fourth-order valence-electron chi connectivity index (χ4n) is 6.09. The Bertz CT molecular complexity index is 1200. The van der Waals surface area contributed by atoms with Gasteiger partial charge in [-0.3, -0.25) is 14.4 Å². The van der Waals surface area contributed by atoms with Gasteiger partial charge in [0.2, 0.25) is 11.8 Å². The van der Waals surface area contributed by atoms with E-state index in [1.165, 1.54) is 4.90 Å². The minimum atomic E-state index is -1.26. The molecule has 0 spiro atoms. The summed E-state index contributed by atoms with van der Waals surface area (Å²) in [7, 11) is 0. The number of hydrogen-bond donors (Lipinski definition) is 1. The number of aliphatic carboxylic acids is 1. The first kappa shape index (κ1) is 18.8. The molecule has 3 saturated heterocycles. The van der Waals surface area contributed by atoms with Crippen LogP contribution in [0.4, 0.5) is 5.69 Å². The maximum Gasteiger partial charge on any atom is 0.306 e. The number of ether oxygens (including phenoxy) is 1. The topological polar surface area (TPSA) is 108 Å². The van der Waals surface area contributed by atoms with Crippen LogP contribution in [0.2, 0.25) is 0 Å². The van der Waals surface area contributed by atoms with Crippen LogP contribution in [-0.4, -0.2) is 34.1 Å². The predicted octanol–water partition coefficient (Wildman–Crippen LogP) is 3.00. The van der Waals surface area contributed by atoms with Gasteiger partial charge in [0.25, 0.3) is 0 Å². The number of amides is 2. The van der Waals surface area contributed by atoms with E-state index in [4.69, 9.17) is 4.74 Å². The molecule has 5 rings (SSSR count). The van der Waals surface area contributed by atoms with Crippen LogP contribution in [0.15, 0.2) is 36.4 Å². The summed E-state index contributed by atoms with van der Waals surface area (Å²) >= 11 is 0. The van der Waals surface area contributed by atoms with E-state index in [2.05, 4.69) is 6.07 Å². The van der Waals surface area contributed by atoms with Gasteiger partial charge in [-0.05, 0) is 38.8 Å². The molecule has 2 aromatic carbocycles. The monoisotopic (exact) mass is 404 g/mol. The lowest BCUT2D eigenvalue weighted by Crippen LogP contribution is -2.52. The van der Waals surface area contributed by atoms with Gasteiger partial charge >= 0.3 is 5.97 Å². The molecular weight excluding hydrogens is 384 g/mol. The number of rotatable bonds is 3. The number of nitrogens with zero attached hydrogens (tertiary/aromatic N) is 2. The van der Waals surface area contributed by atoms with Gasteiger partial charge in [-0.2, -0.15) is 5.26 Å². The van der Waals surface area contributed by atoms with Crippen molar-refractivity contribution in [1.29, 1.82) is 5.26 Å². The first-order chi connectivity index (χ1) is 14.2. The smallest absolute Gasteiger partial charge is 0.306 e. The molecular formula is C23H20N2O5. The maximum absolute atomic E-state index is 13.8. The van der Waals surface area contributed by atoms with Crippen molar-refractivity contribution < 1.29 is 24.2 Å². The standard InChI is InChI=1S/C23H20N2O5/c1-21-9-10-23(30-21,11-17(26)27)22(2)18(21)19(28)25(20(22)29)16-8-7-13(12-24)14-5-3-4-6-15(14)16/h3-8,18H,9-11H2,1-2H3,(H,26,27)/t18-,21?,22+,23?/m1/s1. The number of carbonyl (C=O) groups is 3. The quantitative estimate of drug-likeness (QED) is 0.788. The van der Waals surface area contributed by atoms with Crippen molar-refractivity contribution in [1.82, 2.24) is 0 Å². The molecule has 3 aliphatic heterocycles. The van der Waals surface area contributed by atoms with E-state index in [1.54, 1.807) is 50.2 Å². The van der Waals surface area contributed by atoms with Crippen LogP contribution in [0, 0.1) is 22.7 Å². The number of benzene rings is 2. The number of carboxylic acids is 1. The molecule has 2 amide bonds. The Balaban J connectivity index is 1.71. The SMILES string of the molecule is CC12CCC(CC(=O)O)(O1)[C@]1(C)C(=O)N(c3ccc(C#N)c4ccccc34)C(=O)[C@H]21. The van der Waals surface area contributed by atoms with Gasteiger partial charge < -0.3 is 9.84 Å². The van der Waals surface area contributed by atoms with Gasteiger partial charge in [-0.25, -0.2) is 4.90 Å². The maximum atomic E-state index is 13.8. The van der Waals surface area contributed by atoms with E-state index < -0.39 is 34.4 Å². The average molecular weight is 404 g/mol. The van der Waals surface area contributed by atoms with Crippen LogP contribution < -0.4 is 4.90 Å². The molecule has 2 bridgehead atoms. The number of nitriles is 1. The highest BCUT2D eigenvalue weighted by Crippen LogP contribution is 2.68. The van der Waals surface area contributed by atoms with E-state index >= 15 is 0 Å². The van der Waals surface area contributed by atoms with Gasteiger partial charge in [0.15, 0.2) is 0 Å². The molecule has 2 unspecified atom stereocenters. The Morgan fingerprint density at radius 3 is 2.57 bits per heavy atom. The summed E-state index contributed by atoms with van der Waals surface area (Å²) in [5.74, 6) is -2.60. The minimum absolute atomic E-state index is 0.323. The molecule has 1 N–H and O–H groups in total. The van der Waals surface area contributed by atoms with Crippen molar-refractivity contribution in [2.75, 3.05) is 4.90 Å². The third-order valence-electron chi connectivity index (χ3n) is 7.40. The molecule has 2 aromatic rings. The van der Waals surface area contributed by atoms with Crippen LogP contribution in [0.3, 0.4) is 0 Å². The summed E-state index contributed by atoms with van der Waals surface area (Å²) in [4.78, 5) is 40.3. The Morgan fingerprint density at radius 1 is 1.20 bits per heavy atom. The van der Waals surface area contributed by atoms with Crippen LogP contribution in [0.1, 0.15) is 38.7 Å². The van der Waals surface area contributed by atoms with E-state index in [9.17, 15) is 24.8 Å². The molecule has 3 heterocycles. The highest BCUT2D eigenvalue weighted by molar-refractivity contribution is 6.27. The summed E-state index contributed by atoms with van der Waals surface area (Å²) in [6.45, 7) is 3.48. The Labute approximate surface area is 172 Å². The second-order valence-electron chi connectivity index (χ2n) is 8.88. The minimum Gasteiger partial charge on any atom is -0.481 e. The largest absolute Gasteiger partial charge is 0.481 e. The van der Waals surface area contributed by atoms with Crippen LogP contribution >= 0.6 is 0 Å². The molecule has 0 radical (unpaired) electrons. The number of fused-ring (bicyclic) bond motifs is 6. The molecule has 4 atom stereocenters. The molecule has 7 heteroatoms. The van der Waals surface area contributed by atoms with Crippen LogP contribution in [0.25, 0.3) is 10.8 Å². The van der Waals surface area contributed by atoms with E-state index in [1.807, 2.05) is 0 Å². The number of carbonyl (C=O) groups excluding carboxylic acids is 2. The van der Waals surface area contributed by atoms with Crippen molar-refractivity contribution >= 4 is 34.2 Å². The van der Waals surface area contributed by atoms with Gasteiger partial charge in [0.1, 0.15) is 0 Å². The normalized spacial score (nSPS) is 34.4. The summed E-state index contributed by atoms with van der Waals surface area (Å²) in [5.41, 5.74) is -2.47. The molecule has 0 aromatic heterocycles. The van der Waals surface area contributed by atoms with Gasteiger partial charge in [-0.15, -0.1) is 0 Å². The van der Waals surface area contributed by atoms with E-state index in [0.717, 1.165) is 0 Å². The predicted molar refractivity (Wildman–Crippen MR) is 106 cm³/mol. The van der Waals surface area contributed by atoms with E-state index in [-0.39, 0.29) is 12.3 Å². The number of imide groups is 1. The zero-order valence-corrected chi connectivity index (χ0v) is 16.6. The lowest BCUT2D eigenvalue weighted by Gasteiger charge is -2.39. The van der Waals surface area contributed by atoms with Crippen molar-refractivity contribution in [3.63, 3.8) is 0 Å². The highest BCUT2D eigenvalue weighted by atomic mass is 16.5. The van der Waals surface area contributed by atoms with Gasteiger partial charge in [-0.1, -0.05) is 24.3 Å². The number of anilines is 1. The van der Waals surface area contributed by atoms with Crippen LogP contribution in [0.5, 0.6) is 0 Å². The van der Waals surface area contributed by atoms with Gasteiger partial charge in [0, 0.05) is 10.8 Å². The van der Waals surface area contributed by atoms with Gasteiger partial charge in [0.05, 0.1) is 46.3 Å². The zero-order chi connectivity index (χ0) is 21.5. The van der Waals surface area contributed by atoms with Crippen LogP contribution in [-0.2, 0) is 19.1 Å². The molecule has 152 valence electrons. The second-order valence-corrected chi connectivity index (χ2v) is 8.88. The average Bonchev–Trinajstić information content (AvgIpc) is 3.22. The summed E-state index contributed by atoms with van der Waals surface area (Å²) < 4.78 is 6.19. The summed E-state index contributed by atoms with van der Waals surface area (Å²) in [5, 5.41) is 20.2. The summed E-state index contributed by atoms with van der Waals surface area (Å²) in [6.07, 6.45) is 0.627. The molecule has 3 fully saturated rings. The number of hydrogen-bond acceptors (Lipinski definition) is 5. The van der Waals surface area contributed by atoms with Crippen molar-refractivity contribution in [3.8, 4) is 6.07 Å². The summed E-state index contributed by atoms with van der Waals surface area (Å²) in [6, 6.07) is 12.5. The highest BCUT2D eigenvalue weighted by Gasteiger charge is 2.80. The molecule has 3 aliphatic rings. The third-order valence-corrected chi connectivity index (χ3v) is 7.40. The molecule has 0 aliphatic carbocycles. The Kier molecular flexibility index (Phi) is 3.55. The Hall–Kier alpha value is -3.24. The van der Waals surface area contributed by atoms with Crippen molar-refractivity contribution in [2.24, 2.45) is 11.3 Å². The second kappa shape index (κ2) is 5.67. The fraction of sp³-hybridized carbons (Fsp3) is 0.391. The van der Waals surface area contributed by atoms with Crippen molar-refractivity contribution in [3.05, 3.63) is 42.0 Å². The Morgan fingerprint density at radius 2 is 1.90 bits per heavy atom. The first-order valence-corrected chi connectivity index (χ1v) is 9.91. The molecule has 7 nitrogen and oxygen atoms in total. The molecule has 0 saturated carbocycles. The lowest BCUT2D eigenvalue weighted by molar-refractivity contribution is -0.152.